The highest BCUT2D eigenvalue weighted by atomic mass is 19.2. The van der Waals surface area contributed by atoms with E-state index < -0.39 is 5.92 Å². The van der Waals surface area contributed by atoms with Gasteiger partial charge in [0.25, 0.3) is 0 Å². The fourth-order valence-corrected chi connectivity index (χ4v) is 0.977. The van der Waals surface area contributed by atoms with Gasteiger partial charge in [0, 0.05) is 16.2 Å². The number of halogens is 1. The number of alkyl halides is 1. The first-order valence-corrected chi connectivity index (χ1v) is 3.53. The van der Waals surface area contributed by atoms with Crippen molar-refractivity contribution in [1.29, 1.82) is 0 Å². The van der Waals surface area contributed by atoms with Crippen LogP contribution in [-0.2, 0) is 5.92 Å². The van der Waals surface area contributed by atoms with Crippen LogP contribution in [0.1, 0.15) is 5.56 Å². The molecule has 0 radical (unpaired) electrons. The molecule has 5 nitrogen and oxygen atoms in total. The number of hydrogen-bond acceptors (Lipinski definition) is 3. The van der Waals surface area contributed by atoms with Crippen LogP contribution in [0.3, 0.4) is 0 Å². The van der Waals surface area contributed by atoms with Crippen LogP contribution in [0.4, 0.5) is 10.1 Å². The average molecular weight is 177 g/mol. The molecule has 0 aliphatic carbocycles. The van der Waals surface area contributed by atoms with Crippen LogP contribution in [0.15, 0.2) is 39.6 Å². The first kappa shape index (κ1) is 7.70. The lowest BCUT2D eigenvalue weighted by molar-refractivity contribution is 0.290. The van der Waals surface area contributed by atoms with Crippen molar-refractivity contribution < 1.29 is 4.39 Å². The zero-order chi connectivity index (χ0) is 9.31. The molecule has 6 heteroatoms. The Kier molecular flexibility index (Phi) is 1.50. The summed E-state index contributed by atoms with van der Waals surface area (Å²) in [5, 5.41) is 9.80. The Balaban J connectivity index is 2.38. The summed E-state index contributed by atoms with van der Waals surface area (Å²) in [4.78, 5) is 2.59. The normalized spacial score (nSPS) is 16.4. The third kappa shape index (κ3) is 1.34. The van der Waals surface area contributed by atoms with Gasteiger partial charge in [0.2, 0.25) is 0 Å². The van der Waals surface area contributed by atoms with Gasteiger partial charge in [-0.05, 0) is 11.6 Å². The molecule has 0 N–H and O–H groups in total. The van der Waals surface area contributed by atoms with E-state index in [4.69, 9.17) is 5.53 Å². The minimum atomic E-state index is -1.90. The number of hydrogen-bond donors (Lipinski definition) is 0. The average Bonchev–Trinajstić information content (AvgIpc) is 2.86. The maximum Gasteiger partial charge on any atom is 0.354 e. The molecule has 0 atom stereocenters. The molecule has 1 aliphatic rings. The van der Waals surface area contributed by atoms with Crippen LogP contribution in [0.25, 0.3) is 10.4 Å². The number of benzene rings is 1. The Labute approximate surface area is 72.5 Å². The Bertz CT molecular complexity index is 415. The van der Waals surface area contributed by atoms with Gasteiger partial charge in [-0.2, -0.15) is 4.39 Å². The lowest BCUT2D eigenvalue weighted by atomic mass is 10.1. The first-order valence-electron chi connectivity index (χ1n) is 3.53. The summed E-state index contributed by atoms with van der Waals surface area (Å²) in [6, 6.07) is 6.12. The molecule has 0 fully saturated rings. The molecule has 1 aliphatic heterocycles. The quantitative estimate of drug-likeness (QED) is 0.288. The van der Waals surface area contributed by atoms with E-state index in [2.05, 4.69) is 20.3 Å². The van der Waals surface area contributed by atoms with Gasteiger partial charge < -0.3 is 0 Å². The highest BCUT2D eigenvalue weighted by Gasteiger charge is 2.42. The van der Waals surface area contributed by atoms with Crippen molar-refractivity contribution in [2.24, 2.45) is 15.3 Å². The summed E-state index contributed by atoms with van der Waals surface area (Å²) in [7, 11) is 0. The van der Waals surface area contributed by atoms with Crippen molar-refractivity contribution in [2.45, 2.75) is 5.92 Å². The third-order valence-electron chi connectivity index (χ3n) is 1.65. The Morgan fingerprint density at radius 3 is 2.85 bits per heavy atom. The molecule has 0 saturated heterocycles. The maximum atomic E-state index is 13.2. The summed E-state index contributed by atoms with van der Waals surface area (Å²) in [5.41, 5.74) is 8.79. The van der Waals surface area contributed by atoms with Gasteiger partial charge in [-0.3, -0.25) is 0 Å². The van der Waals surface area contributed by atoms with Crippen molar-refractivity contribution in [3.05, 3.63) is 40.3 Å². The van der Waals surface area contributed by atoms with E-state index in [1.807, 2.05) is 0 Å². The van der Waals surface area contributed by atoms with E-state index in [-0.39, 0.29) is 5.56 Å². The topological polar surface area (TPSA) is 73.5 Å². The zero-order valence-corrected chi connectivity index (χ0v) is 6.42. The molecule has 1 heterocycles. The molecule has 0 saturated carbocycles. The smallest absolute Gasteiger partial charge is 0.182 e. The van der Waals surface area contributed by atoms with Gasteiger partial charge in [0.05, 0.1) is 0 Å². The summed E-state index contributed by atoms with van der Waals surface area (Å²) >= 11 is 0. The minimum absolute atomic E-state index is 0.289. The minimum Gasteiger partial charge on any atom is -0.182 e. The van der Waals surface area contributed by atoms with Gasteiger partial charge in [0.15, 0.2) is 0 Å². The van der Waals surface area contributed by atoms with Crippen molar-refractivity contribution in [2.75, 3.05) is 0 Å². The monoisotopic (exact) mass is 177 g/mol. The molecular formula is C7H4FN5. The van der Waals surface area contributed by atoms with Crippen LogP contribution in [-0.4, -0.2) is 0 Å². The predicted octanol–water partition coefficient (Wildman–Crippen LogP) is 3.17. The molecule has 13 heavy (non-hydrogen) atoms. The predicted molar refractivity (Wildman–Crippen MR) is 42.9 cm³/mol. The van der Waals surface area contributed by atoms with Gasteiger partial charge >= 0.3 is 5.92 Å². The fraction of sp³-hybridized carbons (Fsp3) is 0.143. The SMILES string of the molecule is [N-]=[N+]=Nc1cccc(C2(F)N=N2)c1. The van der Waals surface area contributed by atoms with Crippen LogP contribution in [0.5, 0.6) is 0 Å². The maximum absolute atomic E-state index is 13.2. The molecule has 0 unspecified atom stereocenters. The molecule has 2 rings (SSSR count). The van der Waals surface area contributed by atoms with E-state index in [1.165, 1.54) is 12.1 Å². The number of nitrogens with zero attached hydrogens (tertiary/aromatic N) is 5. The van der Waals surface area contributed by atoms with Gasteiger partial charge in [-0.1, -0.05) is 23.3 Å². The van der Waals surface area contributed by atoms with E-state index >= 15 is 0 Å². The van der Waals surface area contributed by atoms with Crippen molar-refractivity contribution in [3.8, 4) is 0 Å². The second-order valence-corrected chi connectivity index (χ2v) is 2.53. The molecule has 0 amide bonds. The molecule has 64 valence electrons. The molecule has 0 aromatic heterocycles. The molecule has 0 bridgehead atoms. The summed E-state index contributed by atoms with van der Waals surface area (Å²) in [6.45, 7) is 0. The van der Waals surface area contributed by atoms with Crippen LogP contribution >= 0.6 is 0 Å². The Hall–Kier alpha value is -1.94. The zero-order valence-electron chi connectivity index (χ0n) is 6.42. The van der Waals surface area contributed by atoms with E-state index in [9.17, 15) is 4.39 Å². The Morgan fingerprint density at radius 2 is 2.23 bits per heavy atom. The molecular weight excluding hydrogens is 173 g/mol. The summed E-state index contributed by atoms with van der Waals surface area (Å²) < 4.78 is 13.2. The summed E-state index contributed by atoms with van der Waals surface area (Å²) in [6.07, 6.45) is 0. The third-order valence-corrected chi connectivity index (χ3v) is 1.65. The molecule has 1 aromatic rings. The largest absolute Gasteiger partial charge is 0.354 e. The lowest BCUT2D eigenvalue weighted by Crippen LogP contribution is -1.98. The lowest BCUT2D eigenvalue weighted by Gasteiger charge is -2.00. The highest BCUT2D eigenvalue weighted by molar-refractivity contribution is 5.42. The Morgan fingerprint density at radius 1 is 1.46 bits per heavy atom. The highest BCUT2D eigenvalue weighted by Crippen LogP contribution is 2.41. The summed E-state index contributed by atoms with van der Waals surface area (Å²) in [5.74, 6) is -1.90. The van der Waals surface area contributed by atoms with Gasteiger partial charge in [-0.15, -0.1) is 10.2 Å². The second kappa shape index (κ2) is 2.53. The fourth-order valence-electron chi connectivity index (χ4n) is 0.977. The first-order chi connectivity index (χ1) is 6.24. The molecule has 1 aromatic carbocycles. The van der Waals surface area contributed by atoms with Crippen molar-refractivity contribution in [3.63, 3.8) is 0 Å². The molecule has 0 spiro atoms. The van der Waals surface area contributed by atoms with E-state index in [0.717, 1.165) is 0 Å². The van der Waals surface area contributed by atoms with Gasteiger partial charge in [0.1, 0.15) is 0 Å². The van der Waals surface area contributed by atoms with Crippen LogP contribution < -0.4 is 0 Å². The van der Waals surface area contributed by atoms with E-state index in [0.29, 0.717) is 5.69 Å². The van der Waals surface area contributed by atoms with Crippen LogP contribution in [0.2, 0.25) is 0 Å². The number of rotatable bonds is 2. The van der Waals surface area contributed by atoms with E-state index in [1.54, 1.807) is 12.1 Å². The second-order valence-electron chi connectivity index (χ2n) is 2.53. The van der Waals surface area contributed by atoms with Gasteiger partial charge in [-0.25, -0.2) is 0 Å². The van der Waals surface area contributed by atoms with Crippen molar-refractivity contribution in [1.82, 2.24) is 0 Å². The number of azide groups is 1. The van der Waals surface area contributed by atoms with Crippen LogP contribution in [0, 0.1) is 0 Å². The standard InChI is InChI=1S/C7H4FN5/c8-7(11-12-7)5-2-1-3-6(4-5)10-13-9/h1-4H. The van der Waals surface area contributed by atoms with Crippen molar-refractivity contribution >= 4 is 5.69 Å².